The van der Waals surface area contributed by atoms with Gasteiger partial charge in [-0.15, -0.1) is 0 Å². The van der Waals surface area contributed by atoms with Gasteiger partial charge in [-0.05, 0) is 12.1 Å². The number of rotatable bonds is 3. The highest BCUT2D eigenvalue weighted by atomic mass is 16.4. The fourth-order valence-electron chi connectivity index (χ4n) is 1.20. The number of amides is 1. The molecule has 2 aromatic rings. The number of carbonyl (C=O) groups excluding carboxylic acids is 1. The van der Waals surface area contributed by atoms with Gasteiger partial charge >= 0.3 is 5.97 Å². The van der Waals surface area contributed by atoms with Crippen LogP contribution in [0.3, 0.4) is 0 Å². The van der Waals surface area contributed by atoms with Crippen molar-refractivity contribution in [3.8, 4) is 0 Å². The zero-order chi connectivity index (χ0) is 12.3. The van der Waals surface area contributed by atoms with Gasteiger partial charge in [-0.2, -0.15) is 0 Å². The van der Waals surface area contributed by atoms with Crippen LogP contribution in [0, 0.1) is 0 Å². The number of aromatic amines is 1. The van der Waals surface area contributed by atoms with Crippen LogP contribution in [0.15, 0.2) is 30.7 Å². The van der Waals surface area contributed by atoms with Gasteiger partial charge in [-0.25, -0.2) is 14.8 Å². The summed E-state index contributed by atoms with van der Waals surface area (Å²) in [5.41, 5.74) is 0.0193. The lowest BCUT2D eigenvalue weighted by atomic mass is 10.2. The Bertz CT molecular complexity index is 550. The average molecular weight is 232 g/mol. The molecular weight excluding hydrogens is 224 g/mol. The third-order valence-corrected chi connectivity index (χ3v) is 1.97. The van der Waals surface area contributed by atoms with Crippen LogP contribution in [0.25, 0.3) is 0 Å². The third-order valence-electron chi connectivity index (χ3n) is 1.97. The average Bonchev–Trinajstić information content (AvgIpc) is 2.82. The number of aromatic carboxylic acids is 1. The van der Waals surface area contributed by atoms with Crippen LogP contribution in [0.5, 0.6) is 0 Å². The van der Waals surface area contributed by atoms with E-state index in [4.69, 9.17) is 5.11 Å². The van der Waals surface area contributed by atoms with Crippen molar-refractivity contribution in [2.75, 3.05) is 5.32 Å². The molecule has 7 heteroatoms. The molecule has 0 aliphatic carbocycles. The number of H-pyrrole nitrogens is 1. The molecule has 1 amide bonds. The molecule has 0 aliphatic heterocycles. The second-order valence-corrected chi connectivity index (χ2v) is 3.13. The lowest BCUT2D eigenvalue weighted by Crippen LogP contribution is -2.14. The van der Waals surface area contributed by atoms with E-state index < -0.39 is 11.9 Å². The predicted octanol–water partition coefficient (Wildman–Crippen LogP) is 0.755. The number of carboxylic acid groups (broad SMARTS) is 1. The summed E-state index contributed by atoms with van der Waals surface area (Å²) in [5, 5.41) is 11.2. The number of carboxylic acids is 1. The molecule has 0 saturated carbocycles. The molecule has 7 nitrogen and oxygen atoms in total. The molecule has 0 radical (unpaired) electrons. The zero-order valence-electron chi connectivity index (χ0n) is 8.54. The van der Waals surface area contributed by atoms with Crippen molar-refractivity contribution >= 4 is 17.8 Å². The van der Waals surface area contributed by atoms with E-state index in [-0.39, 0.29) is 11.3 Å². The number of carbonyl (C=O) groups is 2. The Hall–Kier alpha value is -2.70. The van der Waals surface area contributed by atoms with Crippen LogP contribution < -0.4 is 5.32 Å². The fourth-order valence-corrected chi connectivity index (χ4v) is 1.20. The number of anilines is 1. The number of hydrogen-bond acceptors (Lipinski definition) is 4. The zero-order valence-corrected chi connectivity index (χ0v) is 8.54. The maximum Gasteiger partial charge on any atom is 0.354 e. The van der Waals surface area contributed by atoms with Crippen molar-refractivity contribution in [2.45, 2.75) is 0 Å². The van der Waals surface area contributed by atoms with Crippen molar-refractivity contribution < 1.29 is 14.7 Å². The number of nitrogens with one attached hydrogen (secondary N) is 2. The van der Waals surface area contributed by atoms with Crippen molar-refractivity contribution in [1.82, 2.24) is 15.0 Å². The number of imidazole rings is 1. The Balaban J connectivity index is 2.19. The maximum atomic E-state index is 11.7. The van der Waals surface area contributed by atoms with Gasteiger partial charge in [0.05, 0.1) is 0 Å². The van der Waals surface area contributed by atoms with E-state index in [0.717, 1.165) is 0 Å². The Morgan fingerprint density at radius 2 is 2.12 bits per heavy atom. The van der Waals surface area contributed by atoms with Crippen LogP contribution >= 0.6 is 0 Å². The molecule has 0 aliphatic rings. The molecule has 2 aromatic heterocycles. The fraction of sp³-hybridized carbons (Fsp3) is 0. The molecule has 0 unspecified atom stereocenters. The van der Waals surface area contributed by atoms with Gasteiger partial charge < -0.3 is 10.1 Å². The van der Waals surface area contributed by atoms with Crippen LogP contribution in [0.2, 0.25) is 0 Å². The normalized spacial score (nSPS) is 9.88. The first-order valence-corrected chi connectivity index (χ1v) is 4.67. The highest BCUT2D eigenvalue weighted by Crippen LogP contribution is 2.05. The summed E-state index contributed by atoms with van der Waals surface area (Å²) >= 11 is 0. The van der Waals surface area contributed by atoms with Crippen LogP contribution in [0.4, 0.5) is 5.95 Å². The first-order valence-electron chi connectivity index (χ1n) is 4.67. The summed E-state index contributed by atoms with van der Waals surface area (Å²) in [5.74, 6) is -1.34. The van der Waals surface area contributed by atoms with Crippen molar-refractivity contribution in [3.05, 3.63) is 42.0 Å². The van der Waals surface area contributed by atoms with Crippen molar-refractivity contribution in [1.29, 1.82) is 0 Å². The standard InChI is InChI=1S/C10H8N4O3/c15-8(14-10-12-3-4-13-10)6-1-2-11-7(5-6)9(16)17/h1-5H,(H,16,17)(H2,12,13,14,15). The molecule has 17 heavy (non-hydrogen) atoms. The first kappa shape index (κ1) is 10.8. The highest BCUT2D eigenvalue weighted by molar-refractivity contribution is 6.04. The van der Waals surface area contributed by atoms with E-state index in [2.05, 4.69) is 20.3 Å². The van der Waals surface area contributed by atoms with Crippen molar-refractivity contribution in [3.63, 3.8) is 0 Å². The molecule has 2 rings (SSSR count). The summed E-state index contributed by atoms with van der Waals surface area (Å²) in [7, 11) is 0. The lowest BCUT2D eigenvalue weighted by Gasteiger charge is -2.02. The van der Waals surface area contributed by atoms with E-state index in [9.17, 15) is 9.59 Å². The van der Waals surface area contributed by atoms with Gasteiger partial charge in [0, 0.05) is 24.2 Å². The molecule has 0 spiro atoms. The van der Waals surface area contributed by atoms with E-state index in [1.165, 1.54) is 24.5 Å². The summed E-state index contributed by atoms with van der Waals surface area (Å²) in [6.45, 7) is 0. The SMILES string of the molecule is O=C(Nc1ncc[nH]1)c1ccnc(C(=O)O)c1. The predicted molar refractivity (Wildman–Crippen MR) is 57.7 cm³/mol. The van der Waals surface area contributed by atoms with E-state index in [0.29, 0.717) is 5.95 Å². The number of pyridine rings is 1. The smallest absolute Gasteiger partial charge is 0.354 e. The molecule has 3 N–H and O–H groups in total. The Morgan fingerprint density at radius 3 is 2.76 bits per heavy atom. The molecule has 0 aromatic carbocycles. The Morgan fingerprint density at radius 1 is 1.29 bits per heavy atom. The molecule has 0 fully saturated rings. The molecule has 2 heterocycles. The lowest BCUT2D eigenvalue weighted by molar-refractivity contribution is 0.0690. The molecule has 0 saturated heterocycles. The van der Waals surface area contributed by atoms with E-state index in [1.54, 1.807) is 6.20 Å². The van der Waals surface area contributed by atoms with Crippen molar-refractivity contribution in [2.24, 2.45) is 0 Å². The summed E-state index contributed by atoms with van der Waals surface area (Å²) in [6.07, 6.45) is 4.32. The topological polar surface area (TPSA) is 108 Å². The number of nitrogens with zero attached hydrogens (tertiary/aromatic N) is 2. The molecule has 0 atom stereocenters. The maximum absolute atomic E-state index is 11.7. The molecular formula is C10H8N4O3. The van der Waals surface area contributed by atoms with Gasteiger partial charge in [0.15, 0.2) is 0 Å². The Labute approximate surface area is 95.5 Å². The number of aromatic nitrogens is 3. The van der Waals surface area contributed by atoms with Gasteiger partial charge in [0.25, 0.3) is 5.91 Å². The van der Waals surface area contributed by atoms with Gasteiger partial charge in [0.2, 0.25) is 5.95 Å². The first-order chi connectivity index (χ1) is 8.16. The van der Waals surface area contributed by atoms with E-state index in [1.807, 2.05) is 0 Å². The minimum absolute atomic E-state index is 0.183. The van der Waals surface area contributed by atoms with Gasteiger partial charge in [-0.3, -0.25) is 10.1 Å². The monoisotopic (exact) mass is 232 g/mol. The van der Waals surface area contributed by atoms with Crippen LogP contribution in [-0.2, 0) is 0 Å². The second kappa shape index (κ2) is 4.44. The summed E-state index contributed by atoms with van der Waals surface area (Å²) < 4.78 is 0. The quantitative estimate of drug-likeness (QED) is 0.723. The Kier molecular flexibility index (Phi) is 2.82. The second-order valence-electron chi connectivity index (χ2n) is 3.13. The minimum atomic E-state index is -1.18. The molecule has 0 bridgehead atoms. The third kappa shape index (κ3) is 2.46. The van der Waals surface area contributed by atoms with Crippen LogP contribution in [0.1, 0.15) is 20.8 Å². The number of hydrogen-bond donors (Lipinski definition) is 3. The molecule has 86 valence electrons. The largest absolute Gasteiger partial charge is 0.477 e. The summed E-state index contributed by atoms with van der Waals surface area (Å²) in [6, 6.07) is 2.62. The highest BCUT2D eigenvalue weighted by Gasteiger charge is 2.11. The van der Waals surface area contributed by atoms with E-state index >= 15 is 0 Å². The van der Waals surface area contributed by atoms with Crippen LogP contribution in [-0.4, -0.2) is 31.9 Å². The summed E-state index contributed by atoms with van der Waals surface area (Å²) in [4.78, 5) is 32.5. The van der Waals surface area contributed by atoms with Gasteiger partial charge in [-0.1, -0.05) is 0 Å². The minimum Gasteiger partial charge on any atom is -0.477 e. The van der Waals surface area contributed by atoms with Gasteiger partial charge in [0.1, 0.15) is 5.69 Å².